The molecule has 0 aliphatic carbocycles. The molecule has 3 heterocycles. The molecule has 10 heteroatoms. The summed E-state index contributed by atoms with van der Waals surface area (Å²) in [6, 6.07) is 10.8. The first kappa shape index (κ1) is 22.4. The van der Waals surface area contributed by atoms with E-state index in [9.17, 15) is 17.6 Å². The second-order valence-electron chi connectivity index (χ2n) is 7.58. The van der Waals surface area contributed by atoms with E-state index in [2.05, 4.69) is 4.98 Å². The highest BCUT2D eigenvalue weighted by Crippen LogP contribution is 2.25. The number of aryl methyl sites for hydroxylation is 1. The van der Waals surface area contributed by atoms with Crippen molar-refractivity contribution in [2.24, 2.45) is 0 Å². The summed E-state index contributed by atoms with van der Waals surface area (Å²) in [6.07, 6.45) is 1.70. The molecule has 7 nitrogen and oxygen atoms in total. The average Bonchev–Trinajstić information content (AvgIpc) is 3.09. The van der Waals surface area contributed by atoms with Gasteiger partial charge in [0.05, 0.1) is 15.5 Å². The van der Waals surface area contributed by atoms with Crippen molar-refractivity contribution in [3.63, 3.8) is 0 Å². The number of pyridine rings is 1. The highest BCUT2D eigenvalue weighted by molar-refractivity contribution is 7.89. The number of piperazine rings is 1. The minimum absolute atomic E-state index is 0.0671. The van der Waals surface area contributed by atoms with Crippen LogP contribution >= 0.6 is 11.6 Å². The maximum absolute atomic E-state index is 13.4. The maximum Gasteiger partial charge on any atom is 0.255 e. The third-order valence-electron chi connectivity index (χ3n) is 5.59. The molecular weight excluding hydrogens is 455 g/mol. The molecule has 3 aromatic rings. The number of carbonyl (C=O) groups is 1. The van der Waals surface area contributed by atoms with Gasteiger partial charge in [-0.05, 0) is 50.2 Å². The Morgan fingerprint density at radius 1 is 1.06 bits per heavy atom. The Hall–Kier alpha value is -2.75. The van der Waals surface area contributed by atoms with E-state index in [-0.39, 0.29) is 42.0 Å². The molecule has 0 unspecified atom stereocenters. The van der Waals surface area contributed by atoms with Crippen LogP contribution in [0.5, 0.6) is 0 Å². The van der Waals surface area contributed by atoms with Crippen LogP contribution in [0.15, 0.2) is 53.6 Å². The molecule has 1 aliphatic heterocycles. The van der Waals surface area contributed by atoms with Gasteiger partial charge < -0.3 is 9.47 Å². The van der Waals surface area contributed by atoms with Crippen LogP contribution in [0.3, 0.4) is 0 Å². The van der Waals surface area contributed by atoms with Crippen molar-refractivity contribution >= 4 is 27.5 Å². The van der Waals surface area contributed by atoms with Crippen LogP contribution in [0.2, 0.25) is 5.02 Å². The number of rotatable bonds is 4. The lowest BCUT2D eigenvalue weighted by Crippen LogP contribution is -2.50. The Bertz CT molecular complexity index is 1270. The molecule has 0 bridgehead atoms. The van der Waals surface area contributed by atoms with Gasteiger partial charge in [0, 0.05) is 43.8 Å². The van der Waals surface area contributed by atoms with E-state index in [1.165, 1.54) is 10.4 Å². The number of nitrogens with zero attached hydrogens (tertiary/aromatic N) is 4. The van der Waals surface area contributed by atoms with Crippen LogP contribution in [0.1, 0.15) is 21.7 Å². The van der Waals surface area contributed by atoms with E-state index in [4.69, 9.17) is 11.6 Å². The number of sulfonamides is 1. The summed E-state index contributed by atoms with van der Waals surface area (Å²) in [6.45, 7) is 4.56. The standard InChI is InChI=1S/C22H22ClFN4O3S/c1-15-13-18(16(2)28(15)21-5-3-4-8-25-21)22(29)26-9-11-27(12-10-26)32(30,31)17-6-7-20(24)19(23)14-17/h3-8,13-14H,9-12H2,1-2H3. The maximum atomic E-state index is 13.4. The fraction of sp³-hybridized carbons (Fsp3) is 0.273. The number of hydrogen-bond acceptors (Lipinski definition) is 4. The van der Waals surface area contributed by atoms with Crippen LogP contribution in [0.4, 0.5) is 4.39 Å². The summed E-state index contributed by atoms with van der Waals surface area (Å²) in [5, 5.41) is -0.247. The van der Waals surface area contributed by atoms with Gasteiger partial charge in [-0.15, -0.1) is 0 Å². The lowest BCUT2D eigenvalue weighted by Gasteiger charge is -2.34. The topological polar surface area (TPSA) is 75.5 Å². The number of carbonyl (C=O) groups excluding carboxylic acids is 1. The SMILES string of the molecule is Cc1cc(C(=O)N2CCN(S(=O)(=O)c3ccc(F)c(Cl)c3)CC2)c(C)n1-c1ccccn1. The molecule has 1 saturated heterocycles. The number of amides is 1. The Labute approximate surface area is 191 Å². The molecular formula is C22H22ClFN4O3S. The fourth-order valence-electron chi connectivity index (χ4n) is 3.91. The Balaban J connectivity index is 1.50. The summed E-state index contributed by atoms with van der Waals surface area (Å²) in [5.74, 6) is -0.0955. The summed E-state index contributed by atoms with van der Waals surface area (Å²) >= 11 is 5.75. The van der Waals surface area contributed by atoms with E-state index < -0.39 is 15.8 Å². The minimum atomic E-state index is -3.83. The molecule has 1 fully saturated rings. The number of hydrogen-bond donors (Lipinski definition) is 0. The van der Waals surface area contributed by atoms with E-state index in [0.717, 1.165) is 29.3 Å². The lowest BCUT2D eigenvalue weighted by molar-refractivity contribution is 0.0697. The third kappa shape index (κ3) is 4.03. The van der Waals surface area contributed by atoms with Gasteiger partial charge in [0.2, 0.25) is 10.0 Å². The molecule has 32 heavy (non-hydrogen) atoms. The highest BCUT2D eigenvalue weighted by atomic mass is 35.5. The first-order valence-electron chi connectivity index (χ1n) is 10.0. The molecule has 0 saturated carbocycles. The molecule has 0 atom stereocenters. The summed E-state index contributed by atoms with van der Waals surface area (Å²) in [5.41, 5.74) is 2.23. The van der Waals surface area contributed by atoms with Crippen LogP contribution in [0.25, 0.3) is 5.82 Å². The van der Waals surface area contributed by atoms with Gasteiger partial charge in [-0.25, -0.2) is 17.8 Å². The molecule has 1 aliphatic rings. The predicted molar refractivity (Wildman–Crippen MR) is 119 cm³/mol. The molecule has 0 radical (unpaired) electrons. The van der Waals surface area contributed by atoms with Gasteiger partial charge in [-0.1, -0.05) is 17.7 Å². The largest absolute Gasteiger partial charge is 0.336 e. The Kier molecular flexibility index (Phi) is 6.07. The second kappa shape index (κ2) is 8.65. The van der Waals surface area contributed by atoms with Crippen molar-refractivity contribution in [1.82, 2.24) is 18.8 Å². The number of aromatic nitrogens is 2. The van der Waals surface area contributed by atoms with Crippen molar-refractivity contribution in [2.75, 3.05) is 26.2 Å². The molecule has 0 N–H and O–H groups in total. The van der Waals surface area contributed by atoms with E-state index in [1.54, 1.807) is 11.1 Å². The van der Waals surface area contributed by atoms with Crippen molar-refractivity contribution < 1.29 is 17.6 Å². The first-order chi connectivity index (χ1) is 15.2. The second-order valence-corrected chi connectivity index (χ2v) is 9.93. The van der Waals surface area contributed by atoms with E-state index in [0.29, 0.717) is 5.56 Å². The van der Waals surface area contributed by atoms with Crippen molar-refractivity contribution in [3.05, 3.63) is 76.5 Å². The lowest BCUT2D eigenvalue weighted by atomic mass is 10.2. The molecule has 2 aromatic heterocycles. The highest BCUT2D eigenvalue weighted by Gasteiger charge is 2.32. The fourth-order valence-corrected chi connectivity index (χ4v) is 5.60. The van der Waals surface area contributed by atoms with Crippen molar-refractivity contribution in [1.29, 1.82) is 0 Å². The molecule has 4 rings (SSSR count). The smallest absolute Gasteiger partial charge is 0.255 e. The number of benzene rings is 1. The minimum Gasteiger partial charge on any atom is -0.336 e. The number of halogens is 2. The summed E-state index contributed by atoms with van der Waals surface area (Å²) in [4.78, 5) is 19.1. The zero-order chi connectivity index (χ0) is 23.0. The molecule has 0 spiro atoms. The molecule has 1 aromatic carbocycles. The van der Waals surface area contributed by atoms with Crippen LogP contribution in [-0.2, 0) is 10.0 Å². The van der Waals surface area contributed by atoms with Crippen LogP contribution in [0, 0.1) is 19.7 Å². The van der Waals surface area contributed by atoms with E-state index >= 15 is 0 Å². The van der Waals surface area contributed by atoms with Gasteiger partial charge in [0.1, 0.15) is 11.6 Å². The zero-order valence-electron chi connectivity index (χ0n) is 17.6. The molecule has 168 valence electrons. The average molecular weight is 477 g/mol. The third-order valence-corrected chi connectivity index (χ3v) is 7.78. The first-order valence-corrected chi connectivity index (χ1v) is 11.9. The van der Waals surface area contributed by atoms with Gasteiger partial charge >= 0.3 is 0 Å². The zero-order valence-corrected chi connectivity index (χ0v) is 19.2. The summed E-state index contributed by atoms with van der Waals surface area (Å²) < 4.78 is 42.4. The van der Waals surface area contributed by atoms with Gasteiger partial charge in [0.15, 0.2) is 0 Å². The van der Waals surface area contributed by atoms with Crippen LogP contribution in [-0.4, -0.2) is 59.3 Å². The Morgan fingerprint density at radius 2 is 1.78 bits per heavy atom. The predicted octanol–water partition coefficient (Wildman–Crippen LogP) is 3.43. The van der Waals surface area contributed by atoms with Crippen LogP contribution < -0.4 is 0 Å². The van der Waals surface area contributed by atoms with Crippen molar-refractivity contribution in [3.8, 4) is 5.82 Å². The monoisotopic (exact) mass is 476 g/mol. The quantitative estimate of drug-likeness (QED) is 0.578. The normalized spacial score (nSPS) is 15.2. The molecule has 1 amide bonds. The van der Waals surface area contributed by atoms with Gasteiger partial charge in [-0.2, -0.15) is 4.31 Å². The van der Waals surface area contributed by atoms with Crippen molar-refractivity contribution in [2.45, 2.75) is 18.7 Å². The van der Waals surface area contributed by atoms with Gasteiger partial charge in [-0.3, -0.25) is 4.79 Å². The Morgan fingerprint density at radius 3 is 2.41 bits per heavy atom. The van der Waals surface area contributed by atoms with E-state index in [1.807, 2.05) is 42.7 Å². The summed E-state index contributed by atoms with van der Waals surface area (Å²) in [7, 11) is -3.83. The van der Waals surface area contributed by atoms with Gasteiger partial charge in [0.25, 0.3) is 5.91 Å².